The van der Waals surface area contributed by atoms with Crippen molar-refractivity contribution in [3.63, 3.8) is 0 Å². The lowest BCUT2D eigenvalue weighted by molar-refractivity contribution is -0.384. The smallest absolute Gasteiger partial charge is 0.408 e. The predicted molar refractivity (Wildman–Crippen MR) is 85.8 cm³/mol. The van der Waals surface area contributed by atoms with E-state index in [0.717, 1.165) is 6.20 Å². The fraction of sp³-hybridized carbons (Fsp3) is 0.600. The molecule has 1 amide bonds. The first kappa shape index (κ1) is 18.8. The summed E-state index contributed by atoms with van der Waals surface area (Å²) >= 11 is 0. The van der Waals surface area contributed by atoms with E-state index in [1.165, 1.54) is 17.2 Å². The normalized spacial score (nSPS) is 20.0. The largest absolute Gasteiger partial charge is 0.444 e. The molecule has 2 heterocycles. The average Bonchev–Trinajstić information content (AvgIpc) is 2.47. The van der Waals surface area contributed by atoms with Crippen molar-refractivity contribution >= 4 is 17.5 Å². The number of nitrogens with one attached hydrogen (secondary N) is 1. The highest BCUT2D eigenvalue weighted by Crippen LogP contribution is 2.34. The summed E-state index contributed by atoms with van der Waals surface area (Å²) in [7, 11) is 0. The lowest BCUT2D eigenvalue weighted by atomic mass is 10.0. The van der Waals surface area contributed by atoms with Gasteiger partial charge >= 0.3 is 11.8 Å². The first-order valence-electron chi connectivity index (χ1n) is 7.70. The Morgan fingerprint density at radius 3 is 2.80 bits per heavy atom. The minimum Gasteiger partial charge on any atom is -0.444 e. The second-order valence-corrected chi connectivity index (χ2v) is 6.78. The molecule has 1 unspecified atom stereocenters. The van der Waals surface area contributed by atoms with Crippen molar-refractivity contribution in [2.75, 3.05) is 18.0 Å². The van der Waals surface area contributed by atoms with Gasteiger partial charge in [0.1, 0.15) is 23.5 Å². The van der Waals surface area contributed by atoms with Crippen LogP contribution in [0.15, 0.2) is 18.5 Å². The standard InChI is InChI=1S/C15H20F2N4O4/c1-14(2,3)25-13(22)19-12-9-20(7-5-15(12,16)17)10-4-6-18-8-11(10)21(23)24/h4,6,8,12H,5,7,9H2,1-3H3,(H,19,22). The van der Waals surface area contributed by atoms with E-state index in [1.807, 2.05) is 0 Å². The van der Waals surface area contributed by atoms with Crippen LogP contribution in [0.4, 0.5) is 25.0 Å². The number of piperidine rings is 1. The zero-order valence-corrected chi connectivity index (χ0v) is 14.2. The van der Waals surface area contributed by atoms with Gasteiger partial charge in [0.15, 0.2) is 0 Å². The average molecular weight is 358 g/mol. The van der Waals surface area contributed by atoms with Crippen LogP contribution in [0.3, 0.4) is 0 Å². The number of aromatic nitrogens is 1. The molecule has 1 aromatic heterocycles. The summed E-state index contributed by atoms with van der Waals surface area (Å²) in [5, 5.41) is 13.3. The van der Waals surface area contributed by atoms with E-state index >= 15 is 0 Å². The van der Waals surface area contributed by atoms with Gasteiger partial charge < -0.3 is 15.0 Å². The number of hydrogen-bond acceptors (Lipinski definition) is 6. The van der Waals surface area contributed by atoms with E-state index < -0.39 is 35.0 Å². The number of nitrogens with zero attached hydrogens (tertiary/aromatic N) is 3. The molecular weight excluding hydrogens is 338 g/mol. The molecule has 0 spiro atoms. The third kappa shape index (κ3) is 4.74. The molecule has 2 rings (SSSR count). The number of nitro groups is 1. The van der Waals surface area contributed by atoms with E-state index in [1.54, 1.807) is 20.8 Å². The molecule has 10 heteroatoms. The highest BCUT2D eigenvalue weighted by molar-refractivity contribution is 5.69. The van der Waals surface area contributed by atoms with Crippen LogP contribution in [-0.2, 0) is 4.74 Å². The fourth-order valence-corrected chi connectivity index (χ4v) is 2.51. The van der Waals surface area contributed by atoms with Gasteiger partial charge in [0.25, 0.3) is 5.92 Å². The van der Waals surface area contributed by atoms with Crippen LogP contribution < -0.4 is 10.2 Å². The summed E-state index contributed by atoms with van der Waals surface area (Å²) < 4.78 is 33.4. The van der Waals surface area contributed by atoms with Crippen molar-refractivity contribution in [1.29, 1.82) is 0 Å². The molecule has 0 saturated carbocycles. The molecule has 0 aliphatic carbocycles. The van der Waals surface area contributed by atoms with Crippen molar-refractivity contribution < 1.29 is 23.2 Å². The van der Waals surface area contributed by atoms with Gasteiger partial charge in [0.2, 0.25) is 0 Å². The molecule has 1 aromatic rings. The van der Waals surface area contributed by atoms with Gasteiger partial charge in [-0.2, -0.15) is 0 Å². The molecule has 1 aliphatic rings. The molecule has 0 bridgehead atoms. The van der Waals surface area contributed by atoms with Gasteiger partial charge in [-0.05, 0) is 26.8 Å². The maximum absolute atomic E-state index is 14.2. The number of alkyl halides is 2. The third-order valence-corrected chi connectivity index (χ3v) is 3.63. The summed E-state index contributed by atoms with van der Waals surface area (Å²) in [5.41, 5.74) is -0.910. The summed E-state index contributed by atoms with van der Waals surface area (Å²) in [6.45, 7) is 4.51. The summed E-state index contributed by atoms with van der Waals surface area (Å²) in [6, 6.07) is -0.129. The lowest BCUT2D eigenvalue weighted by Crippen LogP contribution is -2.59. The Morgan fingerprint density at radius 2 is 2.20 bits per heavy atom. The fourth-order valence-electron chi connectivity index (χ4n) is 2.51. The predicted octanol–water partition coefficient (Wildman–Crippen LogP) is 2.73. The molecule has 0 aromatic carbocycles. The minimum atomic E-state index is -3.14. The molecule has 138 valence electrons. The van der Waals surface area contributed by atoms with E-state index in [-0.39, 0.29) is 24.5 Å². The van der Waals surface area contributed by atoms with E-state index in [4.69, 9.17) is 4.74 Å². The topological polar surface area (TPSA) is 97.6 Å². The number of hydrogen-bond donors (Lipinski definition) is 1. The first-order chi connectivity index (χ1) is 11.5. The highest BCUT2D eigenvalue weighted by Gasteiger charge is 2.46. The molecule has 25 heavy (non-hydrogen) atoms. The van der Waals surface area contributed by atoms with Crippen molar-refractivity contribution in [2.45, 2.75) is 44.8 Å². The van der Waals surface area contributed by atoms with E-state index in [0.29, 0.717) is 0 Å². The molecule has 0 radical (unpaired) electrons. The second kappa shape index (κ2) is 6.77. The number of amides is 1. The van der Waals surface area contributed by atoms with E-state index in [2.05, 4.69) is 10.3 Å². The molecule has 1 N–H and O–H groups in total. The Hall–Kier alpha value is -2.52. The Morgan fingerprint density at radius 1 is 1.52 bits per heavy atom. The molecule has 8 nitrogen and oxygen atoms in total. The van der Waals surface area contributed by atoms with Crippen molar-refractivity contribution in [1.82, 2.24) is 10.3 Å². The van der Waals surface area contributed by atoms with Crippen molar-refractivity contribution in [2.24, 2.45) is 0 Å². The number of rotatable bonds is 3. The number of carbonyl (C=O) groups excluding carboxylic acids is 1. The van der Waals surface area contributed by atoms with Gasteiger partial charge in [0.05, 0.1) is 4.92 Å². The SMILES string of the molecule is CC(C)(C)OC(=O)NC1CN(c2ccncc2[N+](=O)[O-])CCC1(F)F. The van der Waals surface area contributed by atoms with Crippen LogP contribution >= 0.6 is 0 Å². The Bertz CT molecular complexity index is 663. The van der Waals surface area contributed by atoms with Gasteiger partial charge in [-0.25, -0.2) is 13.6 Å². The minimum absolute atomic E-state index is 0.0790. The number of alkyl carbamates (subject to hydrolysis) is 1. The highest BCUT2D eigenvalue weighted by atomic mass is 19.3. The van der Waals surface area contributed by atoms with Gasteiger partial charge in [-0.3, -0.25) is 15.1 Å². The van der Waals surface area contributed by atoms with E-state index in [9.17, 15) is 23.7 Å². The summed E-state index contributed by atoms with van der Waals surface area (Å²) in [6.07, 6.45) is 0.916. The van der Waals surface area contributed by atoms with Gasteiger partial charge in [0, 0.05) is 25.7 Å². The van der Waals surface area contributed by atoms with Gasteiger partial charge in [-0.15, -0.1) is 0 Å². The molecule has 1 atom stereocenters. The van der Waals surface area contributed by atoms with Crippen LogP contribution in [0.25, 0.3) is 0 Å². The zero-order valence-electron chi connectivity index (χ0n) is 14.2. The van der Waals surface area contributed by atoms with Crippen molar-refractivity contribution in [3.05, 3.63) is 28.6 Å². The summed E-state index contributed by atoms with van der Waals surface area (Å²) in [4.78, 5) is 27.5. The van der Waals surface area contributed by atoms with Crippen LogP contribution in [-0.4, -0.2) is 46.7 Å². The number of ether oxygens (including phenoxy) is 1. The molecule has 1 aliphatic heterocycles. The maximum atomic E-state index is 14.2. The third-order valence-electron chi connectivity index (χ3n) is 3.63. The Balaban J connectivity index is 2.18. The van der Waals surface area contributed by atoms with Crippen molar-refractivity contribution in [3.8, 4) is 0 Å². The zero-order chi connectivity index (χ0) is 18.8. The molecule has 1 saturated heterocycles. The number of pyridine rings is 1. The number of anilines is 1. The number of carbonyl (C=O) groups is 1. The monoisotopic (exact) mass is 358 g/mol. The molecule has 1 fully saturated rings. The van der Waals surface area contributed by atoms with Crippen LogP contribution in [0, 0.1) is 10.1 Å². The van der Waals surface area contributed by atoms with Crippen LogP contribution in [0.1, 0.15) is 27.2 Å². The Labute approximate surface area is 143 Å². The summed E-state index contributed by atoms with van der Waals surface area (Å²) in [5.74, 6) is -3.14. The second-order valence-electron chi connectivity index (χ2n) is 6.78. The van der Waals surface area contributed by atoms with Crippen LogP contribution in [0.5, 0.6) is 0 Å². The number of halogens is 2. The maximum Gasteiger partial charge on any atom is 0.408 e. The first-order valence-corrected chi connectivity index (χ1v) is 7.70. The van der Waals surface area contributed by atoms with Crippen LogP contribution in [0.2, 0.25) is 0 Å². The van der Waals surface area contributed by atoms with Gasteiger partial charge in [-0.1, -0.05) is 0 Å². The Kier molecular flexibility index (Phi) is 5.09. The quantitative estimate of drug-likeness (QED) is 0.659. The lowest BCUT2D eigenvalue weighted by Gasteiger charge is -2.39. The molecular formula is C15H20F2N4O4.